The minimum absolute atomic E-state index is 0.0102. The number of hydrogen-bond donors (Lipinski definition) is 3. The van der Waals surface area contributed by atoms with Crippen molar-refractivity contribution in [1.82, 2.24) is 39.5 Å². The van der Waals surface area contributed by atoms with E-state index in [0.717, 1.165) is 34.6 Å². The number of rotatable bonds is 9. The monoisotopic (exact) mass is 1010 g/mol. The summed E-state index contributed by atoms with van der Waals surface area (Å²) in [5.41, 5.74) is 4.35. The van der Waals surface area contributed by atoms with E-state index in [4.69, 9.17) is 45.5 Å². The summed E-state index contributed by atoms with van der Waals surface area (Å²) in [6, 6.07) is 15.8. The Labute approximate surface area is 408 Å². The molecule has 6 aromatic rings. The molecule has 8 heterocycles. The normalized spacial score (nSPS) is 17.7. The number of sulfone groups is 2. The van der Waals surface area contributed by atoms with E-state index < -0.39 is 29.2 Å². The molecule has 0 spiro atoms. The quantitative estimate of drug-likeness (QED) is 0.138. The average Bonchev–Trinajstić information content (AvgIpc) is 3.92. The van der Waals surface area contributed by atoms with Crippen molar-refractivity contribution in [1.29, 1.82) is 0 Å². The Kier molecular flexibility index (Phi) is 15.5. The molecular formula is C46H63ClN12O8S2. The van der Waals surface area contributed by atoms with Crippen molar-refractivity contribution in [3.05, 3.63) is 65.2 Å². The zero-order chi connectivity index (χ0) is 49.9. The lowest BCUT2D eigenvalue weighted by Gasteiger charge is -2.41. The van der Waals surface area contributed by atoms with E-state index >= 15 is 0 Å². The number of fused-ring (bicyclic) bond motifs is 8. The van der Waals surface area contributed by atoms with Crippen molar-refractivity contribution in [2.75, 3.05) is 98.8 Å². The second-order valence-corrected chi connectivity index (χ2v) is 22.9. The van der Waals surface area contributed by atoms with Gasteiger partial charge in [-0.25, -0.2) is 41.3 Å². The van der Waals surface area contributed by atoms with Gasteiger partial charge in [-0.3, -0.25) is 0 Å². The van der Waals surface area contributed by atoms with Crippen LogP contribution in [0.5, 0.6) is 11.5 Å². The molecule has 69 heavy (non-hydrogen) atoms. The minimum Gasteiger partial charge on any atom is -0.486 e. The van der Waals surface area contributed by atoms with Crippen molar-refractivity contribution in [2.24, 2.45) is 0 Å². The van der Waals surface area contributed by atoms with Gasteiger partial charge < -0.3 is 44.4 Å². The molecule has 4 aromatic heterocycles. The average molecular weight is 1010 g/mol. The van der Waals surface area contributed by atoms with Gasteiger partial charge >= 0.3 is 0 Å². The summed E-state index contributed by atoms with van der Waals surface area (Å²) in [4.78, 5) is 34.5. The third kappa shape index (κ3) is 10.4. The van der Waals surface area contributed by atoms with Gasteiger partial charge in [-0.05, 0) is 77.4 Å². The molecule has 0 aliphatic carbocycles. The van der Waals surface area contributed by atoms with Gasteiger partial charge in [0.15, 0.2) is 42.8 Å². The fourth-order valence-corrected chi connectivity index (χ4v) is 9.12. The van der Waals surface area contributed by atoms with Crippen LogP contribution in [0.15, 0.2) is 48.5 Å². The van der Waals surface area contributed by atoms with Gasteiger partial charge in [-0.1, -0.05) is 38.1 Å². The lowest BCUT2D eigenvalue weighted by atomic mass is 10.1. The van der Waals surface area contributed by atoms with Crippen molar-refractivity contribution < 1.29 is 35.8 Å². The molecule has 0 unspecified atom stereocenters. The number of H-pyrrole nitrogens is 1. The Morgan fingerprint density at radius 2 is 1.20 bits per heavy atom. The number of aromatic amines is 1. The Hall–Kier alpha value is -5.55. The zero-order valence-electron chi connectivity index (χ0n) is 40.8. The summed E-state index contributed by atoms with van der Waals surface area (Å²) < 4.78 is 72.2. The predicted octanol–water partition coefficient (Wildman–Crippen LogP) is 6.15. The lowest BCUT2D eigenvalue weighted by molar-refractivity contribution is 0.0690. The Morgan fingerprint density at radius 1 is 0.681 bits per heavy atom. The smallest absolute Gasteiger partial charge is 0.239 e. The molecule has 2 saturated heterocycles. The Balaban J connectivity index is 0.000000167. The molecule has 3 N–H and O–H groups in total. The molecule has 374 valence electrons. The van der Waals surface area contributed by atoms with Gasteiger partial charge in [0.1, 0.15) is 34.1 Å². The molecule has 2 fully saturated rings. The van der Waals surface area contributed by atoms with Crippen LogP contribution in [0.1, 0.15) is 66.8 Å². The fourth-order valence-electron chi connectivity index (χ4n) is 7.97. The van der Waals surface area contributed by atoms with Crippen molar-refractivity contribution in [3.63, 3.8) is 0 Å². The summed E-state index contributed by atoms with van der Waals surface area (Å²) in [6.07, 6.45) is 2.40. The van der Waals surface area contributed by atoms with Crippen LogP contribution in [-0.2, 0) is 38.6 Å². The maximum atomic E-state index is 12.8. The predicted molar refractivity (Wildman–Crippen MR) is 270 cm³/mol. The second-order valence-electron chi connectivity index (χ2n) is 17.5. The number of anilines is 4. The topological polar surface area (TPSA) is 234 Å². The number of hydrogen-bond acceptors (Lipinski definition) is 18. The number of halogens is 1. The summed E-state index contributed by atoms with van der Waals surface area (Å²) >= 11 is 6.04. The molecule has 20 nitrogen and oxygen atoms in total. The molecule has 4 aliphatic heterocycles. The van der Waals surface area contributed by atoms with E-state index in [9.17, 15) is 16.8 Å². The number of benzene rings is 2. The SMILES string of the molecule is CC.CC(C)(c1nc(Cl)nc2c1OC[C@@H]1COCCN21)S(C)(=O)=O.CCNc1nc2ccccc2[nH]1.CCNc1nc2ccccc2n1-c1nc2c(c(C(C)(C)S(C)(=O)=O)n1)OC[C@@H]1COCCN21. The standard InChI is InChI=1S/C22H28N6O4S.C13H18ClN3O4S.C9H11N3.C2H6/c1-5-23-20-24-15-8-6-7-9-16(15)28(20)21-25-18(22(2,3)33(4,29)30)17-19(26-21)27-10-11-31-12-14(27)13-32-17;1-13(2,22(3,18)19)10-9-11(16-12(14)15-10)17-4-5-20-6-8(17)7-21-9;1-2-10-9-11-7-5-3-4-6-8(7)12-9;1-2/h6-9,14H,5,10-13H2,1-4H3,(H,23,24);8H,4-7H2,1-3H3;3-6H,2H2,1H3,(H2,10,11,12);1-2H3/t14-;8-;;/m00../s1. The highest BCUT2D eigenvalue weighted by atomic mass is 35.5. The van der Waals surface area contributed by atoms with Gasteiger partial charge in [0.2, 0.25) is 23.1 Å². The zero-order valence-corrected chi connectivity index (χ0v) is 43.2. The van der Waals surface area contributed by atoms with E-state index in [1.54, 1.807) is 27.7 Å². The molecule has 23 heteroatoms. The van der Waals surface area contributed by atoms with E-state index in [1.807, 2.05) is 80.8 Å². The molecule has 0 saturated carbocycles. The van der Waals surface area contributed by atoms with Crippen LogP contribution in [0.4, 0.5) is 23.5 Å². The maximum absolute atomic E-state index is 12.8. The number of nitrogens with zero attached hydrogens (tertiary/aromatic N) is 9. The van der Waals surface area contributed by atoms with Gasteiger partial charge in [-0.2, -0.15) is 9.97 Å². The van der Waals surface area contributed by atoms with Gasteiger partial charge in [-0.15, -0.1) is 0 Å². The van der Waals surface area contributed by atoms with Gasteiger partial charge in [0.05, 0.1) is 60.6 Å². The van der Waals surface area contributed by atoms with E-state index in [0.29, 0.717) is 106 Å². The van der Waals surface area contributed by atoms with Crippen LogP contribution in [0.25, 0.3) is 28.0 Å². The molecule has 2 aromatic carbocycles. The molecular weight excluding hydrogens is 948 g/mol. The summed E-state index contributed by atoms with van der Waals surface area (Å²) in [5.74, 6) is 3.74. The molecule has 2 atom stereocenters. The fraction of sp³-hybridized carbons (Fsp3) is 0.522. The Bertz CT molecular complexity index is 2970. The van der Waals surface area contributed by atoms with E-state index in [2.05, 4.69) is 40.4 Å². The second kappa shape index (κ2) is 20.8. The van der Waals surface area contributed by atoms with Crippen LogP contribution < -0.4 is 29.9 Å². The molecule has 4 aliphatic rings. The van der Waals surface area contributed by atoms with Gasteiger partial charge in [0, 0.05) is 38.7 Å². The molecule has 0 radical (unpaired) electrons. The van der Waals surface area contributed by atoms with E-state index in [-0.39, 0.29) is 17.4 Å². The largest absolute Gasteiger partial charge is 0.486 e. The Morgan fingerprint density at radius 3 is 1.75 bits per heavy atom. The van der Waals surface area contributed by atoms with Crippen LogP contribution >= 0.6 is 11.6 Å². The lowest BCUT2D eigenvalue weighted by Crippen LogP contribution is -2.52. The molecule has 0 amide bonds. The van der Waals surface area contributed by atoms with Crippen molar-refractivity contribution in [2.45, 2.75) is 77.0 Å². The first-order valence-corrected chi connectivity index (χ1v) is 27.2. The van der Waals surface area contributed by atoms with E-state index in [1.165, 1.54) is 12.5 Å². The summed E-state index contributed by atoms with van der Waals surface area (Å²) in [5, 5.41) is 6.42. The molecule has 0 bridgehead atoms. The third-order valence-corrected chi connectivity index (χ3v) is 16.6. The molecule has 10 rings (SSSR count). The third-order valence-electron chi connectivity index (χ3n) is 12.3. The maximum Gasteiger partial charge on any atom is 0.239 e. The first-order chi connectivity index (χ1) is 32.8. The number of para-hydroxylation sites is 4. The van der Waals surface area contributed by atoms with Crippen LogP contribution in [0.2, 0.25) is 5.28 Å². The first kappa shape index (κ1) is 51.3. The highest BCUT2D eigenvalue weighted by molar-refractivity contribution is 7.91. The van der Waals surface area contributed by atoms with Gasteiger partial charge in [0.25, 0.3) is 0 Å². The first-order valence-electron chi connectivity index (χ1n) is 23.1. The highest BCUT2D eigenvalue weighted by Crippen LogP contribution is 2.45. The number of aromatic nitrogens is 8. The summed E-state index contributed by atoms with van der Waals surface area (Å²) in [6.45, 7) is 20.4. The number of morpholine rings is 2. The summed E-state index contributed by atoms with van der Waals surface area (Å²) in [7, 11) is -6.93. The minimum atomic E-state index is -3.52. The number of imidazole rings is 2. The highest BCUT2D eigenvalue weighted by Gasteiger charge is 2.44. The van der Waals surface area contributed by atoms with Crippen molar-refractivity contribution in [3.8, 4) is 17.4 Å². The van der Waals surface area contributed by atoms with Crippen LogP contribution in [0, 0.1) is 0 Å². The van der Waals surface area contributed by atoms with Crippen LogP contribution in [0.3, 0.4) is 0 Å². The number of ether oxygens (including phenoxy) is 4. The van der Waals surface area contributed by atoms with Crippen molar-refractivity contribution >= 4 is 76.9 Å². The number of nitrogens with one attached hydrogen (secondary N) is 3. The van der Waals surface area contributed by atoms with Crippen LogP contribution in [-0.4, -0.2) is 147 Å².